The number of para-hydroxylation sites is 1. The minimum Gasteiger partial charge on any atom is -0.443 e. The highest BCUT2D eigenvalue weighted by molar-refractivity contribution is 6.30. The molecule has 12 heteroatoms. The fourth-order valence-corrected chi connectivity index (χ4v) is 7.41. The van der Waals surface area contributed by atoms with Crippen molar-refractivity contribution in [1.29, 1.82) is 0 Å². The zero-order chi connectivity index (χ0) is 30.3. The largest absolute Gasteiger partial charge is 0.443 e. The summed E-state index contributed by atoms with van der Waals surface area (Å²) in [5.74, 6) is 1.81. The van der Waals surface area contributed by atoms with Crippen LogP contribution in [0.25, 0.3) is 22.4 Å². The first-order valence-corrected chi connectivity index (χ1v) is 15.8. The standard InChI is InChI=1S/C33H31ClN6O5/c1-32(27-8-6-20(34)17-35-27)43-26-4-2-3-24(28(26)44-32)39-12-10-33(11-13-39)16-22(33)30-36-23-7-5-19(29-37-31(41)45-38-29)15-25(23)40(30)18-21-9-14-42-21/h2-8,15,17,21-22H,9-14,16,18H2,1H3,(H,37,38,41)/t21-,22+,32+/m1/s1. The number of nitrogens with zero attached hydrogens (tertiary/aromatic N) is 5. The predicted octanol–water partition coefficient (Wildman–Crippen LogP) is 5.64. The van der Waals surface area contributed by atoms with Crippen molar-refractivity contribution in [1.82, 2.24) is 24.7 Å². The smallest absolute Gasteiger partial charge is 0.439 e. The Hall–Kier alpha value is -4.35. The summed E-state index contributed by atoms with van der Waals surface area (Å²) in [6.45, 7) is 5.29. The molecule has 0 unspecified atom stereocenters. The van der Waals surface area contributed by atoms with Crippen molar-refractivity contribution in [3.05, 3.63) is 81.8 Å². The number of hydrogen-bond donors (Lipinski definition) is 1. The number of H-pyrrole nitrogens is 1. The molecule has 2 aromatic carbocycles. The lowest BCUT2D eigenvalue weighted by atomic mass is 9.90. The van der Waals surface area contributed by atoms with E-state index in [4.69, 9.17) is 35.3 Å². The molecule has 45 heavy (non-hydrogen) atoms. The number of benzene rings is 2. The fourth-order valence-electron chi connectivity index (χ4n) is 7.30. The van der Waals surface area contributed by atoms with Crippen LogP contribution in [-0.4, -0.2) is 50.5 Å². The summed E-state index contributed by atoms with van der Waals surface area (Å²) in [7, 11) is 0. The third-order valence-electron chi connectivity index (χ3n) is 10.0. The van der Waals surface area contributed by atoms with Crippen LogP contribution in [0.3, 0.4) is 0 Å². The van der Waals surface area contributed by atoms with Gasteiger partial charge in [-0.3, -0.25) is 14.5 Å². The first-order valence-electron chi connectivity index (χ1n) is 15.4. The molecule has 1 N–H and O–H groups in total. The van der Waals surface area contributed by atoms with Crippen LogP contribution in [0.5, 0.6) is 11.5 Å². The molecule has 230 valence electrons. The Kier molecular flexibility index (Phi) is 5.89. The van der Waals surface area contributed by atoms with Gasteiger partial charge in [0.05, 0.1) is 34.4 Å². The van der Waals surface area contributed by atoms with Gasteiger partial charge in [-0.15, -0.1) is 0 Å². The van der Waals surface area contributed by atoms with Crippen LogP contribution in [0.1, 0.15) is 50.0 Å². The monoisotopic (exact) mass is 626 g/mol. The molecule has 2 saturated heterocycles. The summed E-state index contributed by atoms with van der Waals surface area (Å²) in [4.78, 5) is 26.3. The van der Waals surface area contributed by atoms with Crippen LogP contribution in [0, 0.1) is 5.41 Å². The molecule has 5 aromatic rings. The van der Waals surface area contributed by atoms with E-state index in [1.807, 2.05) is 43.3 Å². The quantitative estimate of drug-likeness (QED) is 0.255. The van der Waals surface area contributed by atoms with E-state index in [1.54, 1.807) is 12.3 Å². The molecule has 0 radical (unpaired) electrons. The van der Waals surface area contributed by atoms with Crippen LogP contribution in [0.2, 0.25) is 5.02 Å². The molecule has 1 saturated carbocycles. The molecule has 0 amide bonds. The van der Waals surface area contributed by atoms with Gasteiger partial charge in [0, 0.05) is 44.3 Å². The number of ether oxygens (including phenoxy) is 3. The SMILES string of the molecule is C[C@]1(c2ccc(Cl)cn2)Oc2cccc(N3CCC4(CC3)C[C@H]4c3nc4ccc(-c5noc(=O)[nH]5)cc4n3C[C@H]3CCO3)c2O1. The van der Waals surface area contributed by atoms with Crippen LogP contribution in [0.15, 0.2) is 64.0 Å². The van der Waals surface area contributed by atoms with E-state index in [2.05, 4.69) is 30.7 Å². The van der Waals surface area contributed by atoms with Crippen molar-refractivity contribution < 1.29 is 18.7 Å². The maximum Gasteiger partial charge on any atom is 0.439 e. The molecule has 1 spiro atoms. The second kappa shape index (κ2) is 9.82. The van der Waals surface area contributed by atoms with Crippen molar-refractivity contribution in [2.24, 2.45) is 5.41 Å². The number of pyridine rings is 1. The van der Waals surface area contributed by atoms with Gasteiger partial charge in [-0.05, 0) is 73.6 Å². The van der Waals surface area contributed by atoms with E-state index in [0.29, 0.717) is 22.5 Å². The molecule has 3 atom stereocenters. The van der Waals surface area contributed by atoms with Gasteiger partial charge >= 0.3 is 5.76 Å². The highest BCUT2D eigenvalue weighted by Crippen LogP contribution is 2.65. The number of anilines is 1. The molecule has 1 aliphatic carbocycles. The molecular weight excluding hydrogens is 596 g/mol. The summed E-state index contributed by atoms with van der Waals surface area (Å²) in [5.41, 5.74) is 4.69. The van der Waals surface area contributed by atoms with Gasteiger partial charge in [-0.2, -0.15) is 0 Å². The number of piperidine rings is 1. The number of aromatic amines is 1. The lowest BCUT2D eigenvalue weighted by molar-refractivity contribution is -0.0716. The van der Waals surface area contributed by atoms with Crippen LogP contribution < -0.4 is 20.1 Å². The Balaban J connectivity index is 0.965. The van der Waals surface area contributed by atoms with Crippen LogP contribution in [-0.2, 0) is 17.1 Å². The summed E-state index contributed by atoms with van der Waals surface area (Å²) in [5, 5.41) is 4.46. The zero-order valence-corrected chi connectivity index (χ0v) is 25.4. The number of halogens is 1. The molecule has 4 aliphatic rings. The molecule has 11 nitrogen and oxygen atoms in total. The predicted molar refractivity (Wildman–Crippen MR) is 166 cm³/mol. The molecule has 6 heterocycles. The van der Waals surface area contributed by atoms with E-state index in [1.165, 1.54) is 0 Å². The molecular formula is C33H31ClN6O5. The number of aromatic nitrogens is 5. The fraction of sp³-hybridized carbons (Fsp3) is 0.394. The second-order valence-corrected chi connectivity index (χ2v) is 13.2. The average Bonchev–Trinajstić information content (AvgIpc) is 3.31. The Morgan fingerprint density at radius 1 is 1.11 bits per heavy atom. The van der Waals surface area contributed by atoms with Crippen LogP contribution in [0.4, 0.5) is 5.69 Å². The lowest BCUT2D eigenvalue weighted by Gasteiger charge is -2.35. The number of fused-ring (bicyclic) bond motifs is 2. The van der Waals surface area contributed by atoms with E-state index in [0.717, 1.165) is 91.5 Å². The Morgan fingerprint density at radius 3 is 2.71 bits per heavy atom. The van der Waals surface area contributed by atoms with Crippen molar-refractivity contribution in [3.63, 3.8) is 0 Å². The highest BCUT2D eigenvalue weighted by atomic mass is 35.5. The van der Waals surface area contributed by atoms with E-state index in [-0.39, 0.29) is 11.5 Å². The van der Waals surface area contributed by atoms with Gasteiger partial charge in [0.2, 0.25) is 0 Å². The molecule has 9 rings (SSSR count). The van der Waals surface area contributed by atoms with Gasteiger partial charge in [-0.25, -0.2) is 9.78 Å². The molecule has 3 aromatic heterocycles. The number of imidazole rings is 1. The molecule has 0 bridgehead atoms. The molecule has 3 aliphatic heterocycles. The van der Waals surface area contributed by atoms with Gasteiger partial charge < -0.3 is 23.7 Å². The minimum absolute atomic E-state index is 0.185. The third kappa shape index (κ3) is 4.43. The van der Waals surface area contributed by atoms with Gasteiger partial charge in [0.1, 0.15) is 11.5 Å². The van der Waals surface area contributed by atoms with Crippen LogP contribution >= 0.6 is 11.6 Å². The third-order valence-corrected chi connectivity index (χ3v) is 10.2. The van der Waals surface area contributed by atoms with Gasteiger partial charge in [0.15, 0.2) is 17.3 Å². The Bertz CT molecular complexity index is 1990. The summed E-state index contributed by atoms with van der Waals surface area (Å²) >= 11 is 6.07. The van der Waals surface area contributed by atoms with Crippen molar-refractivity contribution in [2.45, 2.75) is 57.0 Å². The average molecular weight is 627 g/mol. The van der Waals surface area contributed by atoms with Crippen molar-refractivity contribution >= 4 is 28.3 Å². The summed E-state index contributed by atoms with van der Waals surface area (Å²) < 4.78 is 25.7. The Morgan fingerprint density at radius 2 is 1.98 bits per heavy atom. The van der Waals surface area contributed by atoms with E-state index >= 15 is 0 Å². The lowest BCUT2D eigenvalue weighted by Crippen LogP contribution is -2.36. The minimum atomic E-state index is -1.02. The summed E-state index contributed by atoms with van der Waals surface area (Å²) in [6, 6.07) is 15.7. The topological polar surface area (TPSA) is 121 Å². The highest BCUT2D eigenvalue weighted by Gasteiger charge is 2.58. The van der Waals surface area contributed by atoms with Gasteiger partial charge in [0.25, 0.3) is 5.79 Å². The van der Waals surface area contributed by atoms with E-state index in [9.17, 15) is 4.79 Å². The number of rotatable bonds is 6. The second-order valence-electron chi connectivity index (χ2n) is 12.7. The van der Waals surface area contributed by atoms with Gasteiger partial charge in [-0.1, -0.05) is 22.8 Å². The normalized spacial score (nSPS) is 24.7. The van der Waals surface area contributed by atoms with E-state index < -0.39 is 11.5 Å². The maximum atomic E-state index is 11.6. The number of hydrogen-bond acceptors (Lipinski definition) is 9. The Labute approximate surface area is 263 Å². The molecule has 3 fully saturated rings. The zero-order valence-electron chi connectivity index (χ0n) is 24.7. The maximum absolute atomic E-state index is 11.6. The first-order chi connectivity index (χ1) is 21.9. The number of nitrogens with one attached hydrogen (secondary N) is 1. The summed E-state index contributed by atoms with van der Waals surface area (Å²) in [6.07, 6.45) is 6.08. The van der Waals surface area contributed by atoms with Crippen molar-refractivity contribution in [2.75, 3.05) is 24.6 Å². The van der Waals surface area contributed by atoms with Crippen molar-refractivity contribution in [3.8, 4) is 22.9 Å². The first kappa shape index (κ1) is 27.0.